The van der Waals surface area contributed by atoms with E-state index in [1.807, 2.05) is 0 Å². The topological polar surface area (TPSA) is 167 Å². The van der Waals surface area contributed by atoms with Gasteiger partial charge < -0.3 is 21.3 Å². The van der Waals surface area contributed by atoms with Crippen LogP contribution in [0.5, 0.6) is 11.6 Å². The molecule has 0 amide bonds. The first kappa shape index (κ1) is 24.4. The molecule has 2 aromatic carbocycles. The average molecular weight is 508 g/mol. The van der Waals surface area contributed by atoms with E-state index in [1.54, 1.807) is 66.7 Å². The highest BCUT2D eigenvalue weighted by atomic mass is 35.5. The summed E-state index contributed by atoms with van der Waals surface area (Å²) in [5, 5.41) is 7.14. The summed E-state index contributed by atoms with van der Waals surface area (Å²) in [6.07, 6.45) is 0. The molecule has 0 aliphatic carbocycles. The van der Waals surface area contributed by atoms with Crippen molar-refractivity contribution in [2.75, 3.05) is 5.32 Å². The largest absolute Gasteiger partial charge is 0.439 e. The van der Waals surface area contributed by atoms with Crippen LogP contribution in [-0.2, 0) is 13.6 Å². The maximum absolute atomic E-state index is 12.8. The van der Waals surface area contributed by atoms with Gasteiger partial charge in [0.1, 0.15) is 11.4 Å². The predicted octanol–water partition coefficient (Wildman–Crippen LogP) is 1.66. The van der Waals surface area contributed by atoms with E-state index >= 15 is 0 Å². The number of hydrogen-bond donors (Lipinski definition) is 4. The Morgan fingerprint density at radius 3 is 2.44 bits per heavy atom. The van der Waals surface area contributed by atoms with Crippen LogP contribution < -0.4 is 38.5 Å². The molecular weight excluding hydrogens is 486 g/mol. The van der Waals surface area contributed by atoms with Crippen LogP contribution in [0.2, 0.25) is 5.02 Å². The van der Waals surface area contributed by atoms with Gasteiger partial charge in [-0.1, -0.05) is 29.8 Å². The summed E-state index contributed by atoms with van der Waals surface area (Å²) in [5.74, 6) is 11.8. The quantitative estimate of drug-likeness (QED) is 0.126. The fourth-order valence-corrected chi connectivity index (χ4v) is 3.35. The lowest BCUT2D eigenvalue weighted by atomic mass is 10.2. The van der Waals surface area contributed by atoms with Gasteiger partial charge in [-0.3, -0.25) is 4.57 Å². The molecule has 13 heteroatoms. The summed E-state index contributed by atoms with van der Waals surface area (Å²) in [6, 6.07) is 18.9. The van der Waals surface area contributed by atoms with Crippen LogP contribution in [0.25, 0.3) is 0 Å². The molecule has 4 rings (SSSR count). The minimum atomic E-state index is -0.673. The Kier molecular flexibility index (Phi) is 7.28. The zero-order valence-electron chi connectivity index (χ0n) is 19.1. The van der Waals surface area contributed by atoms with Crippen LogP contribution in [0.1, 0.15) is 11.3 Å². The number of anilines is 2. The molecule has 0 unspecified atom stereocenters. The number of amidine groups is 1. The zero-order chi connectivity index (χ0) is 25.7. The summed E-state index contributed by atoms with van der Waals surface area (Å²) in [5.41, 5.74) is 2.99. The van der Waals surface area contributed by atoms with Crippen LogP contribution in [0.15, 0.2) is 81.4 Å². The lowest BCUT2D eigenvalue weighted by Gasteiger charge is -2.15. The normalized spacial score (nSPS) is 11.2. The third-order valence-electron chi connectivity index (χ3n) is 5.08. The molecule has 0 aliphatic heterocycles. The molecule has 0 spiro atoms. The van der Waals surface area contributed by atoms with Crippen molar-refractivity contribution in [2.45, 2.75) is 6.54 Å². The van der Waals surface area contributed by atoms with Crippen molar-refractivity contribution >= 4 is 29.1 Å². The minimum Gasteiger partial charge on any atom is -0.439 e. The highest BCUT2D eigenvalue weighted by Crippen LogP contribution is 2.23. The van der Waals surface area contributed by atoms with Crippen molar-refractivity contribution in [3.05, 3.63) is 104 Å². The Balaban J connectivity index is 1.56. The van der Waals surface area contributed by atoms with Gasteiger partial charge in [0.25, 0.3) is 0 Å². The first-order valence-electron chi connectivity index (χ1n) is 10.6. The number of nitrogens with one attached hydrogen (secondary N) is 2. The number of nitrogens with zero attached hydrogens (tertiary/aromatic N) is 5. The molecule has 36 heavy (non-hydrogen) atoms. The summed E-state index contributed by atoms with van der Waals surface area (Å²) >= 11 is 5.96. The van der Waals surface area contributed by atoms with Gasteiger partial charge in [0.2, 0.25) is 11.8 Å². The Morgan fingerprint density at radius 1 is 1.06 bits per heavy atom. The van der Waals surface area contributed by atoms with E-state index in [1.165, 1.54) is 11.6 Å². The van der Waals surface area contributed by atoms with E-state index in [4.69, 9.17) is 28.0 Å². The Labute approximate surface area is 209 Å². The fourth-order valence-electron chi connectivity index (χ4n) is 3.23. The second-order valence-corrected chi connectivity index (χ2v) is 7.94. The first-order chi connectivity index (χ1) is 17.4. The molecule has 0 bridgehead atoms. The standard InChI is InChI=1S/C23H22ClN9O3/c1-32-22(34)29-21(33(23(32)35)13-14-5-7-15(24)8-6-14)27-16-9-11-17(12-10-16)36-19-4-2-3-18(28-19)20(30-25)31-26/h2-12H,13,25-26H2,1H3,(H,30,31)(H,27,29,34). The number of nitrogens with two attached hydrogens (primary N) is 2. The molecule has 2 heterocycles. The number of aromatic nitrogens is 4. The average Bonchev–Trinajstić information content (AvgIpc) is 2.88. The second kappa shape index (κ2) is 10.7. The van der Waals surface area contributed by atoms with Crippen molar-refractivity contribution in [3.63, 3.8) is 0 Å². The SMILES string of the molecule is Cn1c(=O)nc(Nc2ccc(Oc3cccc(/C(=N/N)NN)n3)cc2)n(Cc2ccc(Cl)cc2)c1=O. The van der Waals surface area contributed by atoms with E-state index in [2.05, 4.69) is 25.8 Å². The van der Waals surface area contributed by atoms with E-state index in [-0.39, 0.29) is 18.3 Å². The Bertz CT molecular complexity index is 1510. The van der Waals surface area contributed by atoms with Gasteiger partial charge in [0, 0.05) is 23.8 Å². The van der Waals surface area contributed by atoms with E-state index < -0.39 is 11.4 Å². The molecule has 4 aromatic rings. The fraction of sp³-hybridized carbons (Fsp3) is 0.0870. The molecule has 0 aliphatic rings. The number of hydrogen-bond acceptors (Lipinski definition) is 9. The number of pyridine rings is 1. The molecule has 0 radical (unpaired) electrons. The summed E-state index contributed by atoms with van der Waals surface area (Å²) < 4.78 is 8.10. The van der Waals surface area contributed by atoms with Crippen LogP contribution in [0, 0.1) is 0 Å². The molecule has 0 atom stereocenters. The molecule has 12 nitrogen and oxygen atoms in total. The molecule has 2 aromatic heterocycles. The minimum absolute atomic E-state index is 0.101. The third kappa shape index (κ3) is 5.51. The number of halogens is 1. The van der Waals surface area contributed by atoms with E-state index in [0.29, 0.717) is 28.0 Å². The van der Waals surface area contributed by atoms with Crippen molar-refractivity contribution in [3.8, 4) is 11.6 Å². The van der Waals surface area contributed by atoms with Crippen molar-refractivity contribution in [1.29, 1.82) is 0 Å². The number of ether oxygens (including phenoxy) is 1. The number of hydrazine groups is 1. The molecule has 6 N–H and O–H groups in total. The van der Waals surface area contributed by atoms with E-state index in [9.17, 15) is 9.59 Å². The summed E-state index contributed by atoms with van der Waals surface area (Å²) in [7, 11) is 1.38. The molecule has 0 saturated heterocycles. The van der Waals surface area contributed by atoms with Gasteiger partial charge >= 0.3 is 11.4 Å². The van der Waals surface area contributed by atoms with E-state index in [0.717, 1.165) is 10.1 Å². The van der Waals surface area contributed by atoms with Gasteiger partial charge in [-0.05, 0) is 48.0 Å². The van der Waals surface area contributed by atoms with Crippen LogP contribution in [0.3, 0.4) is 0 Å². The summed E-state index contributed by atoms with van der Waals surface area (Å²) in [6.45, 7) is 0.189. The zero-order valence-corrected chi connectivity index (χ0v) is 19.8. The van der Waals surface area contributed by atoms with Crippen molar-refractivity contribution < 1.29 is 4.74 Å². The maximum Gasteiger partial charge on any atom is 0.354 e. The molecule has 184 valence electrons. The number of benzene rings is 2. The van der Waals surface area contributed by atoms with Gasteiger partial charge in [-0.2, -0.15) is 10.1 Å². The second-order valence-electron chi connectivity index (χ2n) is 7.51. The first-order valence-corrected chi connectivity index (χ1v) is 10.9. The Hall–Kier alpha value is -4.68. The molecule has 0 fully saturated rings. The molecular formula is C23H22ClN9O3. The van der Waals surface area contributed by atoms with Gasteiger partial charge in [-0.25, -0.2) is 25.0 Å². The lowest BCUT2D eigenvalue weighted by molar-refractivity contribution is 0.462. The number of rotatable bonds is 7. The van der Waals surface area contributed by atoms with Crippen LogP contribution in [-0.4, -0.2) is 24.9 Å². The van der Waals surface area contributed by atoms with Crippen molar-refractivity contribution in [2.24, 2.45) is 23.8 Å². The third-order valence-corrected chi connectivity index (χ3v) is 5.33. The highest BCUT2D eigenvalue weighted by Gasteiger charge is 2.12. The van der Waals surface area contributed by atoms with Gasteiger partial charge in [0.05, 0.1) is 6.54 Å². The monoisotopic (exact) mass is 507 g/mol. The van der Waals surface area contributed by atoms with Crippen LogP contribution in [0.4, 0.5) is 11.6 Å². The van der Waals surface area contributed by atoms with Gasteiger partial charge in [0.15, 0.2) is 5.84 Å². The smallest absolute Gasteiger partial charge is 0.354 e. The van der Waals surface area contributed by atoms with Crippen molar-refractivity contribution in [1.82, 2.24) is 24.5 Å². The lowest BCUT2D eigenvalue weighted by Crippen LogP contribution is -2.41. The highest BCUT2D eigenvalue weighted by molar-refractivity contribution is 6.30. The molecule has 0 saturated carbocycles. The number of hydrazone groups is 1. The van der Waals surface area contributed by atoms with Crippen LogP contribution >= 0.6 is 11.6 Å². The maximum atomic E-state index is 12.8. The van der Waals surface area contributed by atoms with Gasteiger partial charge in [-0.15, -0.1) is 0 Å². The Morgan fingerprint density at radius 2 is 1.78 bits per heavy atom. The summed E-state index contributed by atoms with van der Waals surface area (Å²) in [4.78, 5) is 33.3. The predicted molar refractivity (Wildman–Crippen MR) is 136 cm³/mol.